The van der Waals surface area contributed by atoms with Gasteiger partial charge in [-0.1, -0.05) is 42.5 Å². The fourth-order valence-corrected chi connectivity index (χ4v) is 3.02. The monoisotopic (exact) mass is 272 g/mol. The summed E-state index contributed by atoms with van der Waals surface area (Å²) >= 11 is 0. The first kappa shape index (κ1) is 12.2. The van der Waals surface area contributed by atoms with Gasteiger partial charge in [-0.3, -0.25) is 4.98 Å². The van der Waals surface area contributed by atoms with Gasteiger partial charge in [-0.25, -0.2) is 0 Å². The zero-order valence-electron chi connectivity index (χ0n) is 12.1. The molecule has 0 unspecified atom stereocenters. The molecule has 4 rings (SSSR count). The van der Waals surface area contributed by atoms with Crippen molar-refractivity contribution >= 4 is 21.7 Å². The number of rotatable bonds is 1. The smallest absolute Gasteiger partial charge is 0.0949 e. The highest BCUT2D eigenvalue weighted by Crippen LogP contribution is 2.33. The van der Waals surface area contributed by atoms with Crippen LogP contribution in [-0.2, 0) is 0 Å². The predicted molar refractivity (Wildman–Crippen MR) is 88.5 cm³/mol. The Labute approximate surface area is 123 Å². The first-order valence-electron chi connectivity index (χ1n) is 7.18. The van der Waals surface area contributed by atoms with Crippen molar-refractivity contribution in [1.29, 1.82) is 0 Å². The van der Waals surface area contributed by atoms with Crippen LogP contribution >= 0.6 is 0 Å². The van der Waals surface area contributed by atoms with Gasteiger partial charge in [0.05, 0.1) is 11.2 Å². The molecule has 0 saturated heterocycles. The summed E-state index contributed by atoms with van der Waals surface area (Å²) in [6, 6.07) is 16.9. The number of nitrogens with one attached hydrogen (secondary N) is 1. The minimum absolute atomic E-state index is 1.03. The molecule has 0 amide bonds. The van der Waals surface area contributed by atoms with Crippen molar-refractivity contribution in [2.24, 2.45) is 0 Å². The van der Waals surface area contributed by atoms with Gasteiger partial charge in [-0.2, -0.15) is 0 Å². The zero-order valence-corrected chi connectivity index (χ0v) is 12.1. The van der Waals surface area contributed by atoms with E-state index in [1.54, 1.807) is 0 Å². The van der Waals surface area contributed by atoms with Crippen LogP contribution in [0.3, 0.4) is 0 Å². The fourth-order valence-electron chi connectivity index (χ4n) is 3.02. The molecular formula is C19H16N2. The average molecular weight is 272 g/mol. The highest BCUT2D eigenvalue weighted by molar-refractivity contribution is 6.03. The maximum absolute atomic E-state index is 4.65. The van der Waals surface area contributed by atoms with Gasteiger partial charge >= 0.3 is 0 Å². The molecule has 0 radical (unpaired) electrons. The maximum atomic E-state index is 4.65. The molecule has 0 aliphatic heterocycles. The molecule has 0 fully saturated rings. The number of nitrogens with zero attached hydrogens (tertiary/aromatic N) is 1. The van der Waals surface area contributed by atoms with E-state index in [1.807, 2.05) is 6.20 Å². The Kier molecular flexibility index (Phi) is 2.58. The van der Waals surface area contributed by atoms with Crippen LogP contribution in [-0.4, -0.2) is 9.97 Å². The summed E-state index contributed by atoms with van der Waals surface area (Å²) in [5.74, 6) is 0. The van der Waals surface area contributed by atoms with Crippen molar-refractivity contribution in [3.63, 3.8) is 0 Å². The number of benzene rings is 2. The number of H-pyrrole nitrogens is 1. The van der Waals surface area contributed by atoms with E-state index in [0.29, 0.717) is 0 Å². The van der Waals surface area contributed by atoms with E-state index in [9.17, 15) is 0 Å². The lowest BCUT2D eigenvalue weighted by Gasteiger charge is -2.07. The molecule has 0 aliphatic carbocycles. The van der Waals surface area contributed by atoms with Crippen LogP contribution in [0.25, 0.3) is 32.9 Å². The Balaban J connectivity index is 2.12. The molecular weight excluding hydrogens is 256 g/mol. The number of aromatic nitrogens is 2. The predicted octanol–water partition coefficient (Wildman–Crippen LogP) is 5.00. The van der Waals surface area contributed by atoms with Crippen molar-refractivity contribution in [3.8, 4) is 11.3 Å². The van der Waals surface area contributed by atoms with Crippen LogP contribution < -0.4 is 0 Å². The van der Waals surface area contributed by atoms with Crippen molar-refractivity contribution in [2.75, 3.05) is 0 Å². The molecule has 0 aliphatic rings. The quantitative estimate of drug-likeness (QED) is 0.519. The lowest BCUT2D eigenvalue weighted by molar-refractivity contribution is 1.25. The van der Waals surface area contributed by atoms with E-state index in [-0.39, 0.29) is 0 Å². The Bertz CT molecular complexity index is 959. The molecule has 2 aromatic heterocycles. The molecule has 1 N–H and O–H groups in total. The first-order chi connectivity index (χ1) is 10.3. The molecule has 4 aromatic rings. The Morgan fingerprint density at radius 1 is 0.857 bits per heavy atom. The second kappa shape index (κ2) is 4.45. The number of hydrogen-bond acceptors (Lipinski definition) is 1. The van der Waals surface area contributed by atoms with Crippen molar-refractivity contribution < 1.29 is 0 Å². The Morgan fingerprint density at radius 2 is 1.67 bits per heavy atom. The third-order valence-electron chi connectivity index (χ3n) is 4.27. The SMILES string of the molecule is Cc1[nH]c2c(-c3cccc4ccccc34)nccc2c1C. The van der Waals surface area contributed by atoms with E-state index >= 15 is 0 Å². The third kappa shape index (κ3) is 1.76. The van der Waals surface area contributed by atoms with Gasteiger partial charge in [0.2, 0.25) is 0 Å². The van der Waals surface area contributed by atoms with Gasteiger partial charge in [0.1, 0.15) is 0 Å². The number of aryl methyl sites for hydroxylation is 2. The van der Waals surface area contributed by atoms with Crippen LogP contribution in [0.5, 0.6) is 0 Å². The van der Waals surface area contributed by atoms with Crippen molar-refractivity contribution in [1.82, 2.24) is 9.97 Å². The molecule has 0 saturated carbocycles. The Morgan fingerprint density at radius 3 is 2.57 bits per heavy atom. The van der Waals surface area contributed by atoms with Crippen LogP contribution in [0.1, 0.15) is 11.3 Å². The maximum Gasteiger partial charge on any atom is 0.0949 e. The van der Waals surface area contributed by atoms with Crippen LogP contribution in [0.2, 0.25) is 0 Å². The van der Waals surface area contributed by atoms with Gasteiger partial charge < -0.3 is 4.98 Å². The number of pyridine rings is 1. The molecule has 2 heterocycles. The zero-order chi connectivity index (χ0) is 14.4. The highest BCUT2D eigenvalue weighted by Gasteiger charge is 2.12. The second-order valence-electron chi connectivity index (χ2n) is 5.48. The summed E-state index contributed by atoms with van der Waals surface area (Å²) in [5, 5.41) is 3.74. The average Bonchev–Trinajstić information content (AvgIpc) is 2.82. The normalized spacial score (nSPS) is 11.3. The van der Waals surface area contributed by atoms with Gasteiger partial charge in [0.25, 0.3) is 0 Å². The summed E-state index contributed by atoms with van der Waals surface area (Å²) in [4.78, 5) is 8.15. The minimum atomic E-state index is 1.03. The molecule has 21 heavy (non-hydrogen) atoms. The van der Waals surface area contributed by atoms with Crippen LogP contribution in [0.15, 0.2) is 54.7 Å². The largest absolute Gasteiger partial charge is 0.357 e. The number of aromatic amines is 1. The second-order valence-corrected chi connectivity index (χ2v) is 5.48. The van der Waals surface area contributed by atoms with E-state index in [4.69, 9.17) is 0 Å². The standard InChI is InChI=1S/C19H16N2/c1-12-13(2)21-19-15(12)10-11-20-18(19)17-9-5-7-14-6-3-4-8-16(14)17/h3-11,21H,1-2H3. The molecule has 2 nitrogen and oxygen atoms in total. The molecule has 2 aromatic carbocycles. The van der Waals surface area contributed by atoms with Crippen LogP contribution in [0, 0.1) is 13.8 Å². The number of hydrogen-bond donors (Lipinski definition) is 1. The fraction of sp³-hybridized carbons (Fsp3) is 0.105. The van der Waals surface area contributed by atoms with Gasteiger partial charge in [0.15, 0.2) is 0 Å². The van der Waals surface area contributed by atoms with Crippen LogP contribution in [0.4, 0.5) is 0 Å². The molecule has 0 atom stereocenters. The van der Waals surface area contributed by atoms with Crippen molar-refractivity contribution in [2.45, 2.75) is 13.8 Å². The van der Waals surface area contributed by atoms with Gasteiger partial charge in [-0.15, -0.1) is 0 Å². The van der Waals surface area contributed by atoms with E-state index in [1.165, 1.54) is 33.0 Å². The van der Waals surface area contributed by atoms with E-state index < -0.39 is 0 Å². The summed E-state index contributed by atoms with van der Waals surface area (Å²) in [7, 11) is 0. The molecule has 0 spiro atoms. The molecule has 0 bridgehead atoms. The number of fused-ring (bicyclic) bond motifs is 2. The lowest BCUT2D eigenvalue weighted by atomic mass is 10.0. The minimum Gasteiger partial charge on any atom is -0.357 e. The molecule has 2 heteroatoms. The van der Waals surface area contributed by atoms with E-state index in [0.717, 1.165) is 11.2 Å². The topological polar surface area (TPSA) is 28.7 Å². The molecule has 102 valence electrons. The van der Waals surface area contributed by atoms with Crippen molar-refractivity contribution in [3.05, 3.63) is 66.0 Å². The van der Waals surface area contributed by atoms with E-state index in [2.05, 4.69) is 72.3 Å². The Hall–Kier alpha value is -2.61. The summed E-state index contributed by atoms with van der Waals surface area (Å²) < 4.78 is 0. The van der Waals surface area contributed by atoms with Gasteiger partial charge in [0, 0.05) is 22.8 Å². The third-order valence-corrected chi connectivity index (χ3v) is 4.27. The first-order valence-corrected chi connectivity index (χ1v) is 7.18. The summed E-state index contributed by atoms with van der Waals surface area (Å²) in [5.41, 5.74) is 5.85. The summed E-state index contributed by atoms with van der Waals surface area (Å²) in [6.07, 6.45) is 1.90. The van der Waals surface area contributed by atoms with Gasteiger partial charge in [-0.05, 0) is 36.2 Å². The lowest BCUT2D eigenvalue weighted by Crippen LogP contribution is -1.87. The highest BCUT2D eigenvalue weighted by atomic mass is 14.8. The summed E-state index contributed by atoms with van der Waals surface area (Å²) in [6.45, 7) is 4.27.